The van der Waals surface area contributed by atoms with Crippen molar-refractivity contribution in [2.24, 2.45) is 0 Å². The van der Waals surface area contributed by atoms with Crippen molar-refractivity contribution in [1.29, 1.82) is 0 Å². The van der Waals surface area contributed by atoms with Gasteiger partial charge in [0.1, 0.15) is 35.9 Å². The van der Waals surface area contributed by atoms with E-state index in [0.29, 0.717) is 11.1 Å². The Balaban J connectivity index is 2.09. The Bertz CT molecular complexity index is 761. The number of rotatable bonds is 7. The summed E-state index contributed by atoms with van der Waals surface area (Å²) in [6.45, 7) is 0. The fourth-order valence-corrected chi connectivity index (χ4v) is 2.88. The summed E-state index contributed by atoms with van der Waals surface area (Å²) in [5, 5.41) is 60.3. The van der Waals surface area contributed by atoms with Crippen molar-refractivity contribution in [2.75, 3.05) is 0 Å². The maximum absolute atomic E-state index is 10.1. The largest absolute Gasteiger partial charge is 0.509 e. The number of hydrogen-bond donors (Lipinski definition) is 6. The van der Waals surface area contributed by atoms with Gasteiger partial charge in [-0.15, -0.1) is 0 Å². The Labute approximate surface area is 179 Å². The van der Waals surface area contributed by atoms with E-state index in [0.717, 1.165) is 8.95 Å². The standard InChI is InChI=1S/C20H20Br2O6/c21-13-5-1-11(2-6-13)9-15(23)17(25)19(27)20(28)18(26)16(24)10-12-3-7-14(22)8-4-12/h1-10,17-20,23-28H/t17-,18+,19-,20-/m1/s1. The lowest BCUT2D eigenvalue weighted by Gasteiger charge is -2.26. The van der Waals surface area contributed by atoms with Crippen LogP contribution in [0.2, 0.25) is 0 Å². The predicted octanol–water partition coefficient (Wildman–Crippen LogP) is 3.15. The first-order valence-corrected chi connectivity index (χ1v) is 9.82. The second kappa shape index (κ2) is 10.2. The van der Waals surface area contributed by atoms with Gasteiger partial charge in [-0.25, -0.2) is 0 Å². The molecule has 0 aliphatic carbocycles. The van der Waals surface area contributed by atoms with Crippen LogP contribution in [0.15, 0.2) is 69.0 Å². The van der Waals surface area contributed by atoms with Crippen LogP contribution in [-0.2, 0) is 0 Å². The zero-order valence-corrected chi connectivity index (χ0v) is 17.7. The lowest BCUT2D eigenvalue weighted by molar-refractivity contribution is -0.0996. The summed E-state index contributed by atoms with van der Waals surface area (Å²) in [4.78, 5) is 0. The molecule has 0 bridgehead atoms. The van der Waals surface area contributed by atoms with Gasteiger partial charge < -0.3 is 30.6 Å². The van der Waals surface area contributed by atoms with Crippen LogP contribution in [0.3, 0.4) is 0 Å². The van der Waals surface area contributed by atoms with Crippen LogP contribution in [0.25, 0.3) is 12.2 Å². The van der Waals surface area contributed by atoms with Crippen LogP contribution in [0.1, 0.15) is 11.1 Å². The monoisotopic (exact) mass is 514 g/mol. The van der Waals surface area contributed by atoms with Crippen molar-refractivity contribution in [3.63, 3.8) is 0 Å². The molecule has 0 aromatic heterocycles. The minimum atomic E-state index is -1.94. The summed E-state index contributed by atoms with van der Waals surface area (Å²) in [6, 6.07) is 13.6. The molecule has 8 heteroatoms. The topological polar surface area (TPSA) is 121 Å². The molecule has 150 valence electrons. The molecule has 0 saturated heterocycles. The summed E-state index contributed by atoms with van der Waals surface area (Å²) in [7, 11) is 0. The summed E-state index contributed by atoms with van der Waals surface area (Å²) >= 11 is 6.55. The van der Waals surface area contributed by atoms with Gasteiger partial charge in [-0.05, 0) is 47.5 Å². The Hall–Kier alpha value is -1.68. The molecular weight excluding hydrogens is 496 g/mol. The smallest absolute Gasteiger partial charge is 0.139 e. The highest BCUT2D eigenvalue weighted by molar-refractivity contribution is 9.10. The number of benzene rings is 2. The maximum atomic E-state index is 10.1. The molecule has 2 rings (SSSR count). The van der Waals surface area contributed by atoms with Gasteiger partial charge in [-0.2, -0.15) is 0 Å². The van der Waals surface area contributed by atoms with Gasteiger partial charge in [-0.3, -0.25) is 0 Å². The Morgan fingerprint density at radius 3 is 1.18 bits per heavy atom. The summed E-state index contributed by atoms with van der Waals surface area (Å²) in [6.07, 6.45) is -5.18. The third-order valence-corrected chi connectivity index (χ3v) is 5.03. The fraction of sp³-hybridized carbons (Fsp3) is 0.200. The molecule has 0 fully saturated rings. The molecule has 0 heterocycles. The van der Waals surface area contributed by atoms with Gasteiger partial charge in [0, 0.05) is 8.95 Å². The minimum absolute atomic E-state index is 0.556. The summed E-state index contributed by atoms with van der Waals surface area (Å²) in [5.41, 5.74) is 1.11. The van der Waals surface area contributed by atoms with E-state index in [2.05, 4.69) is 31.9 Å². The van der Waals surface area contributed by atoms with Crippen LogP contribution in [0.4, 0.5) is 0 Å². The zero-order valence-electron chi connectivity index (χ0n) is 14.5. The molecule has 28 heavy (non-hydrogen) atoms. The van der Waals surface area contributed by atoms with Gasteiger partial charge in [0.05, 0.1) is 0 Å². The van der Waals surface area contributed by atoms with E-state index in [1.807, 2.05) is 0 Å². The van der Waals surface area contributed by atoms with E-state index < -0.39 is 35.9 Å². The van der Waals surface area contributed by atoms with Crippen molar-refractivity contribution in [2.45, 2.75) is 24.4 Å². The van der Waals surface area contributed by atoms with E-state index in [1.54, 1.807) is 48.5 Å². The molecule has 0 aliphatic heterocycles. The van der Waals surface area contributed by atoms with Crippen molar-refractivity contribution in [3.8, 4) is 0 Å². The first kappa shape index (κ1) is 22.6. The van der Waals surface area contributed by atoms with Crippen LogP contribution in [-0.4, -0.2) is 55.1 Å². The van der Waals surface area contributed by atoms with Crippen molar-refractivity contribution in [1.82, 2.24) is 0 Å². The van der Waals surface area contributed by atoms with Gasteiger partial charge in [-0.1, -0.05) is 56.1 Å². The molecule has 4 atom stereocenters. The first-order chi connectivity index (χ1) is 13.2. The second-order valence-electron chi connectivity index (χ2n) is 6.11. The van der Waals surface area contributed by atoms with Gasteiger partial charge in [0.15, 0.2) is 0 Å². The van der Waals surface area contributed by atoms with Gasteiger partial charge >= 0.3 is 0 Å². The second-order valence-corrected chi connectivity index (χ2v) is 7.94. The Morgan fingerprint density at radius 2 is 0.893 bits per heavy atom. The third-order valence-electron chi connectivity index (χ3n) is 3.97. The first-order valence-electron chi connectivity index (χ1n) is 8.23. The van der Waals surface area contributed by atoms with Crippen molar-refractivity contribution >= 4 is 44.0 Å². The molecule has 0 saturated carbocycles. The zero-order chi connectivity index (χ0) is 20.8. The van der Waals surface area contributed by atoms with Crippen molar-refractivity contribution in [3.05, 3.63) is 80.1 Å². The van der Waals surface area contributed by atoms with Crippen LogP contribution >= 0.6 is 31.9 Å². The lowest BCUT2D eigenvalue weighted by atomic mass is 9.99. The molecule has 0 aliphatic rings. The third kappa shape index (κ3) is 6.16. The predicted molar refractivity (Wildman–Crippen MR) is 114 cm³/mol. The van der Waals surface area contributed by atoms with Gasteiger partial charge in [0.2, 0.25) is 0 Å². The molecular formula is C20H20Br2O6. The van der Waals surface area contributed by atoms with E-state index in [9.17, 15) is 30.6 Å². The minimum Gasteiger partial charge on any atom is -0.509 e. The highest BCUT2D eigenvalue weighted by Crippen LogP contribution is 2.19. The van der Waals surface area contributed by atoms with E-state index in [1.165, 1.54) is 12.2 Å². The molecule has 0 unspecified atom stereocenters. The van der Waals surface area contributed by atoms with E-state index >= 15 is 0 Å². The highest BCUT2D eigenvalue weighted by Gasteiger charge is 2.34. The maximum Gasteiger partial charge on any atom is 0.139 e. The van der Waals surface area contributed by atoms with Gasteiger partial charge in [0.25, 0.3) is 0 Å². The number of aliphatic hydroxyl groups is 6. The number of halogens is 2. The van der Waals surface area contributed by atoms with Crippen LogP contribution in [0, 0.1) is 0 Å². The van der Waals surface area contributed by atoms with Crippen LogP contribution < -0.4 is 0 Å². The van der Waals surface area contributed by atoms with E-state index in [-0.39, 0.29) is 0 Å². The molecule has 2 aromatic carbocycles. The summed E-state index contributed by atoms with van der Waals surface area (Å²) < 4.78 is 1.66. The van der Waals surface area contributed by atoms with E-state index in [4.69, 9.17) is 0 Å². The molecule has 6 nitrogen and oxygen atoms in total. The number of hydrogen-bond acceptors (Lipinski definition) is 6. The number of aliphatic hydroxyl groups excluding tert-OH is 6. The SMILES string of the molecule is OC(=Cc1ccc(Br)cc1)[C@@H](O)[C@@H](O)[C@H](O)[C@@H](O)C(O)=Cc1ccc(Br)cc1. The van der Waals surface area contributed by atoms with Crippen LogP contribution in [0.5, 0.6) is 0 Å². The lowest BCUT2D eigenvalue weighted by Crippen LogP contribution is -2.45. The highest BCUT2D eigenvalue weighted by atomic mass is 79.9. The average Bonchev–Trinajstić information content (AvgIpc) is 2.69. The fourth-order valence-electron chi connectivity index (χ4n) is 2.35. The Kier molecular flexibility index (Phi) is 8.23. The molecule has 0 amide bonds. The molecule has 6 N–H and O–H groups in total. The van der Waals surface area contributed by atoms with Crippen molar-refractivity contribution < 1.29 is 30.6 Å². The Morgan fingerprint density at radius 1 is 0.607 bits per heavy atom. The average molecular weight is 516 g/mol. The quantitative estimate of drug-likeness (QED) is 0.315. The molecule has 0 spiro atoms. The normalized spacial score (nSPS) is 17.1. The molecule has 2 aromatic rings. The molecule has 0 radical (unpaired) electrons. The summed E-state index contributed by atoms with van der Waals surface area (Å²) in [5.74, 6) is -1.20.